The summed E-state index contributed by atoms with van der Waals surface area (Å²) >= 11 is 0. The summed E-state index contributed by atoms with van der Waals surface area (Å²) in [6, 6.07) is 16.8. The lowest BCUT2D eigenvalue weighted by Crippen LogP contribution is -2.35. The topological polar surface area (TPSA) is 33.7 Å². The van der Waals surface area contributed by atoms with Crippen LogP contribution in [0.3, 0.4) is 0 Å². The lowest BCUT2D eigenvalue weighted by atomic mass is 10.1. The first kappa shape index (κ1) is 18.5. The molecule has 1 aliphatic rings. The molecule has 26 heavy (non-hydrogen) atoms. The Morgan fingerprint density at radius 3 is 2.69 bits per heavy atom. The highest BCUT2D eigenvalue weighted by Gasteiger charge is 2.10. The van der Waals surface area contributed by atoms with E-state index >= 15 is 0 Å². The van der Waals surface area contributed by atoms with Crippen LogP contribution in [0.25, 0.3) is 0 Å². The van der Waals surface area contributed by atoms with E-state index in [2.05, 4.69) is 46.5 Å². The van der Waals surface area contributed by atoms with E-state index in [0.717, 1.165) is 57.3 Å². The Bertz CT molecular complexity index is 733. The summed E-state index contributed by atoms with van der Waals surface area (Å²) in [6.07, 6.45) is 5.28. The van der Waals surface area contributed by atoms with Crippen LogP contribution in [-0.2, 0) is 24.4 Å². The van der Waals surface area contributed by atoms with E-state index in [9.17, 15) is 0 Å². The zero-order valence-corrected chi connectivity index (χ0v) is 15.1. The maximum absolute atomic E-state index is 5.60. The number of benzene rings is 2. The maximum atomic E-state index is 5.60. The molecule has 2 aromatic rings. The van der Waals surface area contributed by atoms with Crippen molar-refractivity contribution in [3.63, 3.8) is 0 Å². The minimum absolute atomic E-state index is 0.292. The molecule has 0 atom stereocenters. The molecule has 3 rings (SSSR count). The normalized spacial score (nSPS) is 14.7. The summed E-state index contributed by atoms with van der Waals surface area (Å²) < 4.78 is 11.0. The summed E-state index contributed by atoms with van der Waals surface area (Å²) in [5.74, 6) is 3.36. The Labute approximate surface area is 156 Å². The predicted molar refractivity (Wildman–Crippen MR) is 104 cm³/mol. The van der Waals surface area contributed by atoms with Crippen LogP contribution in [0.5, 0.6) is 5.75 Å². The van der Waals surface area contributed by atoms with Crippen molar-refractivity contribution in [1.29, 1.82) is 0 Å². The quantitative estimate of drug-likeness (QED) is 0.743. The SMILES string of the molecule is C#CCOc1ccccc1CNCc1cccc(CN2CCOCC2)c1. The first-order valence-corrected chi connectivity index (χ1v) is 9.08. The van der Waals surface area contributed by atoms with Crippen molar-refractivity contribution in [2.75, 3.05) is 32.9 Å². The van der Waals surface area contributed by atoms with Gasteiger partial charge in [-0.25, -0.2) is 0 Å². The van der Waals surface area contributed by atoms with Gasteiger partial charge >= 0.3 is 0 Å². The van der Waals surface area contributed by atoms with Crippen LogP contribution in [0.15, 0.2) is 48.5 Å². The maximum Gasteiger partial charge on any atom is 0.148 e. The number of hydrogen-bond acceptors (Lipinski definition) is 4. The lowest BCUT2D eigenvalue weighted by molar-refractivity contribution is 0.0342. The summed E-state index contributed by atoms with van der Waals surface area (Å²) in [5, 5.41) is 3.50. The molecule has 0 radical (unpaired) electrons. The number of nitrogens with one attached hydrogen (secondary N) is 1. The van der Waals surface area contributed by atoms with E-state index in [1.54, 1.807) is 0 Å². The van der Waals surface area contributed by atoms with Crippen molar-refractivity contribution in [1.82, 2.24) is 10.2 Å². The third-order valence-electron chi connectivity index (χ3n) is 4.43. The van der Waals surface area contributed by atoms with Gasteiger partial charge in [-0.1, -0.05) is 48.4 Å². The second-order valence-corrected chi connectivity index (χ2v) is 6.41. The molecular weight excluding hydrogens is 324 g/mol. The Hall–Kier alpha value is -2.32. The Kier molecular flexibility index (Phi) is 7.09. The second-order valence-electron chi connectivity index (χ2n) is 6.41. The van der Waals surface area contributed by atoms with Crippen LogP contribution in [0.4, 0.5) is 0 Å². The highest BCUT2D eigenvalue weighted by Crippen LogP contribution is 2.18. The van der Waals surface area contributed by atoms with Crippen molar-refractivity contribution in [2.24, 2.45) is 0 Å². The fourth-order valence-electron chi connectivity index (χ4n) is 3.11. The molecule has 0 saturated carbocycles. The van der Waals surface area contributed by atoms with E-state index < -0.39 is 0 Å². The van der Waals surface area contributed by atoms with Gasteiger partial charge in [0.1, 0.15) is 12.4 Å². The fraction of sp³-hybridized carbons (Fsp3) is 0.364. The zero-order chi connectivity index (χ0) is 18.0. The summed E-state index contributed by atoms with van der Waals surface area (Å²) in [7, 11) is 0. The lowest BCUT2D eigenvalue weighted by Gasteiger charge is -2.26. The third kappa shape index (κ3) is 5.60. The van der Waals surface area contributed by atoms with Gasteiger partial charge in [0, 0.05) is 38.3 Å². The Morgan fingerprint density at radius 2 is 1.85 bits per heavy atom. The van der Waals surface area contributed by atoms with Crippen LogP contribution < -0.4 is 10.1 Å². The number of para-hydroxylation sites is 1. The first-order chi connectivity index (χ1) is 12.8. The Balaban J connectivity index is 1.52. The second kappa shape index (κ2) is 9.98. The van der Waals surface area contributed by atoms with Gasteiger partial charge in [0.2, 0.25) is 0 Å². The summed E-state index contributed by atoms with van der Waals surface area (Å²) in [5.41, 5.74) is 3.76. The van der Waals surface area contributed by atoms with Gasteiger partial charge in [-0.15, -0.1) is 6.42 Å². The number of ether oxygens (including phenoxy) is 2. The van der Waals surface area contributed by atoms with Gasteiger partial charge in [-0.3, -0.25) is 4.90 Å². The average molecular weight is 350 g/mol. The van der Waals surface area contributed by atoms with Crippen LogP contribution in [0.2, 0.25) is 0 Å². The first-order valence-electron chi connectivity index (χ1n) is 9.08. The molecule has 4 nitrogen and oxygen atoms in total. The van der Waals surface area contributed by atoms with E-state index in [1.165, 1.54) is 11.1 Å². The predicted octanol–water partition coefficient (Wildman–Crippen LogP) is 2.82. The fourth-order valence-corrected chi connectivity index (χ4v) is 3.11. The molecule has 4 heteroatoms. The third-order valence-corrected chi connectivity index (χ3v) is 4.43. The van der Waals surface area contributed by atoms with Crippen molar-refractivity contribution < 1.29 is 9.47 Å². The van der Waals surface area contributed by atoms with Crippen LogP contribution in [0, 0.1) is 12.3 Å². The number of hydrogen-bond donors (Lipinski definition) is 1. The van der Waals surface area contributed by atoms with Crippen LogP contribution >= 0.6 is 0 Å². The van der Waals surface area contributed by atoms with Gasteiger partial charge in [-0.05, 0) is 17.2 Å². The number of rotatable bonds is 8. The average Bonchev–Trinajstić information content (AvgIpc) is 2.68. The molecule has 1 aliphatic heterocycles. The number of morpholine rings is 1. The molecule has 0 spiro atoms. The van der Waals surface area contributed by atoms with Gasteiger partial charge in [0.15, 0.2) is 0 Å². The Morgan fingerprint density at radius 1 is 1.04 bits per heavy atom. The monoisotopic (exact) mass is 350 g/mol. The van der Waals surface area contributed by atoms with Crippen LogP contribution in [-0.4, -0.2) is 37.8 Å². The van der Waals surface area contributed by atoms with Gasteiger partial charge in [0.05, 0.1) is 13.2 Å². The molecule has 0 amide bonds. The molecular formula is C22H26N2O2. The van der Waals surface area contributed by atoms with E-state index in [-0.39, 0.29) is 0 Å². The molecule has 1 heterocycles. The minimum Gasteiger partial charge on any atom is -0.481 e. The van der Waals surface area contributed by atoms with E-state index in [4.69, 9.17) is 15.9 Å². The number of nitrogens with zero attached hydrogens (tertiary/aromatic N) is 1. The molecule has 0 bridgehead atoms. The molecule has 1 saturated heterocycles. The largest absolute Gasteiger partial charge is 0.481 e. The summed E-state index contributed by atoms with van der Waals surface area (Å²) in [4.78, 5) is 2.44. The van der Waals surface area contributed by atoms with Crippen molar-refractivity contribution in [3.05, 3.63) is 65.2 Å². The highest BCUT2D eigenvalue weighted by atomic mass is 16.5. The minimum atomic E-state index is 0.292. The molecule has 1 N–H and O–H groups in total. The van der Waals surface area contributed by atoms with Crippen molar-refractivity contribution in [2.45, 2.75) is 19.6 Å². The van der Waals surface area contributed by atoms with Gasteiger partial charge < -0.3 is 14.8 Å². The van der Waals surface area contributed by atoms with Gasteiger partial charge in [-0.2, -0.15) is 0 Å². The molecule has 136 valence electrons. The molecule has 0 aliphatic carbocycles. The standard InChI is InChI=1S/C22H26N2O2/c1-2-12-26-22-9-4-3-8-21(22)17-23-16-19-6-5-7-20(15-19)18-24-10-13-25-14-11-24/h1,3-9,15,23H,10-14,16-18H2. The summed E-state index contributed by atoms with van der Waals surface area (Å²) in [6.45, 7) is 6.54. The molecule has 1 fully saturated rings. The van der Waals surface area contributed by atoms with E-state index in [1.807, 2.05) is 18.2 Å². The van der Waals surface area contributed by atoms with Crippen LogP contribution in [0.1, 0.15) is 16.7 Å². The van der Waals surface area contributed by atoms with E-state index in [0.29, 0.717) is 6.61 Å². The van der Waals surface area contributed by atoms with Crippen molar-refractivity contribution in [3.8, 4) is 18.1 Å². The zero-order valence-electron chi connectivity index (χ0n) is 15.1. The molecule has 2 aromatic carbocycles. The smallest absolute Gasteiger partial charge is 0.148 e. The number of terminal acetylenes is 1. The molecule has 0 unspecified atom stereocenters. The van der Waals surface area contributed by atoms with Crippen molar-refractivity contribution >= 4 is 0 Å². The highest BCUT2D eigenvalue weighted by molar-refractivity contribution is 5.33. The van der Waals surface area contributed by atoms with Gasteiger partial charge in [0.25, 0.3) is 0 Å². The molecule has 0 aromatic heterocycles.